The first kappa shape index (κ1) is 13.2. The Morgan fingerprint density at radius 3 is 2.75 bits per heavy atom. The molecule has 0 saturated carbocycles. The lowest BCUT2D eigenvalue weighted by atomic mass is 10.5. The third-order valence-corrected chi connectivity index (χ3v) is 3.58. The van der Waals surface area contributed by atoms with Gasteiger partial charge < -0.3 is 9.88 Å². The summed E-state index contributed by atoms with van der Waals surface area (Å²) < 4.78 is 22.3. The molecule has 0 fully saturated rings. The van der Waals surface area contributed by atoms with E-state index >= 15 is 0 Å². The topological polar surface area (TPSA) is 83.1 Å². The number of aromatic nitrogens is 2. The summed E-state index contributed by atoms with van der Waals surface area (Å²) in [4.78, 5) is 19.2. The Morgan fingerprint density at radius 1 is 1.56 bits per heavy atom. The molecule has 1 rings (SSSR count). The van der Waals surface area contributed by atoms with Crippen LogP contribution in [0.15, 0.2) is 15.6 Å². The van der Waals surface area contributed by atoms with E-state index in [9.17, 15) is 13.2 Å². The Balaban J connectivity index is 2.85. The van der Waals surface area contributed by atoms with Crippen LogP contribution in [0.3, 0.4) is 0 Å². The van der Waals surface area contributed by atoms with Crippen molar-refractivity contribution >= 4 is 31.6 Å². The Morgan fingerprint density at radius 2 is 2.19 bits per heavy atom. The van der Waals surface area contributed by atoms with Crippen LogP contribution in [0.25, 0.3) is 0 Å². The van der Waals surface area contributed by atoms with Crippen LogP contribution in [0.4, 0.5) is 5.82 Å². The molecule has 0 atom stereocenters. The van der Waals surface area contributed by atoms with Crippen LogP contribution in [0, 0.1) is 0 Å². The smallest absolute Gasteiger partial charge is 0.267 e. The van der Waals surface area contributed by atoms with Crippen LogP contribution in [0.2, 0.25) is 0 Å². The number of hydrogen-bond acceptors (Lipinski definition) is 5. The number of rotatable bonds is 4. The highest BCUT2D eigenvalue weighted by molar-refractivity contribution is 9.10. The molecular weight excluding hydrogens is 298 g/mol. The predicted octanol–water partition coefficient (Wildman–Crippen LogP) is 0.0132. The van der Waals surface area contributed by atoms with Gasteiger partial charge in [-0.15, -0.1) is 0 Å². The van der Waals surface area contributed by atoms with Crippen molar-refractivity contribution in [2.45, 2.75) is 0 Å². The zero-order chi connectivity index (χ0) is 12.3. The molecule has 0 aliphatic rings. The standard InChI is InChI=1S/C8H12BrN3O3S/c1-12(3-4-16(2,14)15)7-6(9)8(13)11-5-10-7/h5H,3-4H2,1-2H3,(H,10,11,13). The first-order valence-electron chi connectivity index (χ1n) is 4.43. The molecule has 0 radical (unpaired) electrons. The molecule has 0 aliphatic carbocycles. The highest BCUT2D eigenvalue weighted by Crippen LogP contribution is 2.16. The van der Waals surface area contributed by atoms with E-state index < -0.39 is 9.84 Å². The van der Waals surface area contributed by atoms with E-state index in [2.05, 4.69) is 25.9 Å². The van der Waals surface area contributed by atoms with Crippen LogP contribution >= 0.6 is 15.9 Å². The van der Waals surface area contributed by atoms with E-state index in [-0.39, 0.29) is 17.9 Å². The largest absolute Gasteiger partial charge is 0.358 e. The third kappa shape index (κ3) is 3.60. The number of halogens is 1. The van der Waals surface area contributed by atoms with Crippen LogP contribution in [-0.4, -0.2) is 44.0 Å². The zero-order valence-electron chi connectivity index (χ0n) is 8.90. The monoisotopic (exact) mass is 309 g/mol. The zero-order valence-corrected chi connectivity index (χ0v) is 11.3. The summed E-state index contributed by atoms with van der Waals surface area (Å²) in [6.07, 6.45) is 2.44. The van der Waals surface area contributed by atoms with Crippen molar-refractivity contribution in [2.24, 2.45) is 0 Å². The molecule has 0 bridgehead atoms. The van der Waals surface area contributed by atoms with Crippen molar-refractivity contribution in [1.29, 1.82) is 0 Å². The first-order chi connectivity index (χ1) is 7.31. The fourth-order valence-corrected chi connectivity index (χ4v) is 2.17. The number of nitrogens with zero attached hydrogens (tertiary/aromatic N) is 2. The fourth-order valence-electron chi connectivity index (χ4n) is 1.05. The number of H-pyrrole nitrogens is 1. The van der Waals surface area contributed by atoms with Crippen LogP contribution in [0.1, 0.15) is 0 Å². The maximum Gasteiger partial charge on any atom is 0.267 e. The molecule has 0 saturated heterocycles. The molecule has 1 aromatic rings. The van der Waals surface area contributed by atoms with Crippen LogP contribution < -0.4 is 10.5 Å². The minimum Gasteiger partial charge on any atom is -0.358 e. The average molecular weight is 310 g/mol. The van der Waals surface area contributed by atoms with Crippen LogP contribution in [-0.2, 0) is 9.84 Å². The molecule has 0 spiro atoms. The highest BCUT2D eigenvalue weighted by atomic mass is 79.9. The molecule has 0 unspecified atom stereocenters. The summed E-state index contributed by atoms with van der Waals surface area (Å²) >= 11 is 3.10. The van der Waals surface area contributed by atoms with E-state index in [1.54, 1.807) is 11.9 Å². The molecule has 1 heterocycles. The van der Waals surface area contributed by atoms with E-state index in [0.717, 1.165) is 0 Å². The van der Waals surface area contributed by atoms with Gasteiger partial charge in [0.1, 0.15) is 20.1 Å². The van der Waals surface area contributed by atoms with Gasteiger partial charge in [-0.2, -0.15) is 0 Å². The highest BCUT2D eigenvalue weighted by Gasteiger charge is 2.12. The summed E-state index contributed by atoms with van der Waals surface area (Å²) in [6.45, 7) is 0.286. The van der Waals surface area contributed by atoms with Crippen molar-refractivity contribution in [2.75, 3.05) is 30.5 Å². The van der Waals surface area contributed by atoms with Gasteiger partial charge in [-0.3, -0.25) is 4.79 Å². The summed E-state index contributed by atoms with van der Waals surface area (Å²) in [6, 6.07) is 0. The maximum atomic E-state index is 11.3. The summed E-state index contributed by atoms with van der Waals surface area (Å²) in [5.41, 5.74) is -0.295. The Labute approximate surface area is 102 Å². The minimum atomic E-state index is -3.02. The molecule has 1 N–H and O–H groups in total. The molecule has 16 heavy (non-hydrogen) atoms. The molecule has 6 nitrogen and oxygen atoms in total. The van der Waals surface area contributed by atoms with Gasteiger partial charge in [0.25, 0.3) is 5.56 Å². The van der Waals surface area contributed by atoms with Crippen LogP contribution in [0.5, 0.6) is 0 Å². The number of aromatic amines is 1. The molecule has 0 amide bonds. The Bertz CT molecular complexity index is 526. The van der Waals surface area contributed by atoms with Gasteiger partial charge in [0.05, 0.1) is 12.1 Å². The van der Waals surface area contributed by atoms with Gasteiger partial charge in [0.15, 0.2) is 0 Å². The average Bonchev–Trinajstić information content (AvgIpc) is 2.17. The first-order valence-corrected chi connectivity index (χ1v) is 7.28. The number of nitrogens with one attached hydrogen (secondary N) is 1. The number of sulfone groups is 1. The minimum absolute atomic E-state index is 0.0183. The number of hydrogen-bond donors (Lipinski definition) is 1. The Kier molecular flexibility index (Phi) is 4.09. The van der Waals surface area contributed by atoms with Crippen molar-refractivity contribution < 1.29 is 8.42 Å². The van der Waals surface area contributed by atoms with Crippen molar-refractivity contribution in [3.63, 3.8) is 0 Å². The quantitative estimate of drug-likeness (QED) is 0.847. The predicted molar refractivity (Wildman–Crippen MR) is 65.5 cm³/mol. The molecule has 0 aliphatic heterocycles. The van der Waals surface area contributed by atoms with Crippen molar-refractivity contribution in [1.82, 2.24) is 9.97 Å². The normalized spacial score (nSPS) is 11.4. The second kappa shape index (κ2) is 4.96. The van der Waals surface area contributed by atoms with E-state index in [4.69, 9.17) is 0 Å². The van der Waals surface area contributed by atoms with Gasteiger partial charge >= 0.3 is 0 Å². The lowest BCUT2D eigenvalue weighted by molar-refractivity contribution is 0.601. The molecule has 0 aromatic carbocycles. The van der Waals surface area contributed by atoms with Gasteiger partial charge in [-0.05, 0) is 15.9 Å². The molecule has 8 heteroatoms. The van der Waals surface area contributed by atoms with Gasteiger partial charge in [-0.1, -0.05) is 0 Å². The lowest BCUT2D eigenvalue weighted by Gasteiger charge is -2.17. The lowest BCUT2D eigenvalue weighted by Crippen LogP contribution is -2.27. The van der Waals surface area contributed by atoms with Gasteiger partial charge in [-0.25, -0.2) is 13.4 Å². The summed E-state index contributed by atoms with van der Waals surface area (Å²) in [7, 11) is -1.34. The maximum absolute atomic E-state index is 11.3. The van der Waals surface area contributed by atoms with Gasteiger partial charge in [0.2, 0.25) is 0 Å². The summed E-state index contributed by atoms with van der Waals surface area (Å²) in [5, 5.41) is 0. The van der Waals surface area contributed by atoms with Gasteiger partial charge in [0, 0.05) is 19.8 Å². The molecule has 90 valence electrons. The number of anilines is 1. The van der Waals surface area contributed by atoms with E-state index in [1.807, 2.05) is 0 Å². The summed E-state index contributed by atoms with van der Waals surface area (Å²) in [5.74, 6) is 0.442. The SMILES string of the molecule is CN(CCS(C)(=O)=O)c1nc[nH]c(=O)c1Br. The van der Waals surface area contributed by atoms with E-state index in [0.29, 0.717) is 10.3 Å². The third-order valence-electron chi connectivity index (χ3n) is 1.94. The second-order valence-electron chi connectivity index (χ2n) is 3.42. The molecular formula is C8H12BrN3O3S. The van der Waals surface area contributed by atoms with Crippen molar-refractivity contribution in [3.05, 3.63) is 21.2 Å². The second-order valence-corrected chi connectivity index (χ2v) is 6.47. The van der Waals surface area contributed by atoms with E-state index in [1.165, 1.54) is 12.6 Å². The Hall–Kier alpha value is -0.890. The molecule has 1 aromatic heterocycles. The van der Waals surface area contributed by atoms with Crippen molar-refractivity contribution in [3.8, 4) is 0 Å². The fraction of sp³-hybridized carbons (Fsp3) is 0.500.